The van der Waals surface area contributed by atoms with Crippen LogP contribution in [0.3, 0.4) is 0 Å². The molecule has 1 aromatic heterocycles. The number of aryl methyl sites for hydroxylation is 1. The van der Waals surface area contributed by atoms with Crippen molar-refractivity contribution in [3.05, 3.63) is 15.8 Å². The quantitative estimate of drug-likeness (QED) is 0.804. The largest absolute Gasteiger partial charge is 0.244 e. The summed E-state index contributed by atoms with van der Waals surface area (Å²) in [7, 11) is -3.34. The summed E-state index contributed by atoms with van der Waals surface area (Å²) in [4.78, 5) is 1.19. The summed E-state index contributed by atoms with van der Waals surface area (Å²) in [6.45, 7) is 5.16. The molecule has 2 heterocycles. The van der Waals surface area contributed by atoms with Gasteiger partial charge < -0.3 is 0 Å². The van der Waals surface area contributed by atoms with Gasteiger partial charge in [-0.25, -0.2) is 8.42 Å². The molecule has 1 aliphatic rings. The first-order valence-electron chi connectivity index (χ1n) is 5.60. The number of sulfonamides is 1. The molecule has 0 amide bonds. The number of alkyl halides is 1. The molecule has 1 atom stereocenters. The molecular weight excluding hydrogens is 278 g/mol. The number of hydrogen-bond acceptors (Lipinski definition) is 3. The Labute approximate surface area is 111 Å². The second kappa shape index (κ2) is 4.88. The lowest BCUT2D eigenvalue weighted by molar-refractivity contribution is 0.464. The first kappa shape index (κ1) is 13.3. The van der Waals surface area contributed by atoms with Crippen molar-refractivity contribution in [2.45, 2.75) is 31.0 Å². The molecule has 1 saturated heterocycles. The molecule has 1 aromatic rings. The Morgan fingerprint density at radius 1 is 1.59 bits per heavy atom. The molecule has 2 rings (SSSR count). The van der Waals surface area contributed by atoms with E-state index in [4.69, 9.17) is 11.6 Å². The van der Waals surface area contributed by atoms with Gasteiger partial charge in [0, 0.05) is 18.0 Å². The average Bonchev–Trinajstić information content (AvgIpc) is 2.84. The smallest absolute Gasteiger partial charge is 0.207 e. The number of rotatable bonds is 3. The molecule has 1 fully saturated rings. The van der Waals surface area contributed by atoms with E-state index >= 15 is 0 Å². The molecule has 1 unspecified atom stereocenters. The van der Waals surface area contributed by atoms with E-state index < -0.39 is 10.0 Å². The Bertz CT molecular complexity index is 510. The maximum Gasteiger partial charge on any atom is 0.244 e. The van der Waals surface area contributed by atoms with Gasteiger partial charge in [-0.2, -0.15) is 4.31 Å². The molecular formula is C11H16ClNO2S2. The minimum Gasteiger partial charge on any atom is -0.207 e. The van der Waals surface area contributed by atoms with Gasteiger partial charge >= 0.3 is 0 Å². The van der Waals surface area contributed by atoms with Crippen LogP contribution in [-0.2, 0) is 15.9 Å². The van der Waals surface area contributed by atoms with Crippen LogP contribution < -0.4 is 0 Å². The molecule has 0 aliphatic carbocycles. The summed E-state index contributed by atoms with van der Waals surface area (Å²) in [5, 5.41) is 1.87. The molecule has 3 nitrogen and oxygen atoms in total. The number of hydrogen-bond donors (Lipinski definition) is 0. The summed E-state index contributed by atoms with van der Waals surface area (Å²) in [6, 6.07) is 0. The van der Waals surface area contributed by atoms with Gasteiger partial charge in [-0.3, -0.25) is 0 Å². The predicted octanol–water partition coefficient (Wildman–Crippen LogP) is 2.83. The fourth-order valence-electron chi connectivity index (χ4n) is 2.17. The molecule has 6 heteroatoms. The monoisotopic (exact) mass is 293 g/mol. The van der Waals surface area contributed by atoms with Crippen molar-refractivity contribution in [1.82, 2.24) is 4.31 Å². The normalized spacial score (nSPS) is 22.2. The van der Waals surface area contributed by atoms with Crippen molar-refractivity contribution in [3.63, 3.8) is 0 Å². The van der Waals surface area contributed by atoms with Crippen LogP contribution in [0.5, 0.6) is 0 Å². The highest BCUT2D eigenvalue weighted by molar-refractivity contribution is 7.89. The molecule has 1 aliphatic heterocycles. The average molecular weight is 294 g/mol. The Morgan fingerprint density at radius 3 is 2.82 bits per heavy atom. The molecule has 0 saturated carbocycles. The van der Waals surface area contributed by atoms with Crippen molar-refractivity contribution in [2.75, 3.05) is 13.1 Å². The van der Waals surface area contributed by atoms with Crippen LogP contribution in [0.4, 0.5) is 0 Å². The molecule has 0 spiro atoms. The van der Waals surface area contributed by atoms with E-state index in [1.807, 2.05) is 12.3 Å². The predicted molar refractivity (Wildman–Crippen MR) is 71.2 cm³/mol. The fraction of sp³-hybridized carbons (Fsp3) is 0.636. The lowest BCUT2D eigenvalue weighted by atomic mass is 10.2. The van der Waals surface area contributed by atoms with Crippen LogP contribution >= 0.6 is 22.9 Å². The van der Waals surface area contributed by atoms with E-state index in [0.29, 0.717) is 23.9 Å². The molecule has 0 aromatic carbocycles. The molecule has 0 bridgehead atoms. The maximum absolute atomic E-state index is 12.5. The molecule has 0 radical (unpaired) electrons. The lowest BCUT2D eigenvalue weighted by Gasteiger charge is -2.17. The van der Waals surface area contributed by atoms with Gasteiger partial charge in [0.05, 0.1) is 5.88 Å². The van der Waals surface area contributed by atoms with Crippen molar-refractivity contribution >= 4 is 33.0 Å². The summed E-state index contributed by atoms with van der Waals surface area (Å²) in [5.41, 5.74) is 0.810. The Morgan fingerprint density at radius 2 is 2.29 bits per heavy atom. The van der Waals surface area contributed by atoms with Crippen LogP contribution in [0.2, 0.25) is 0 Å². The van der Waals surface area contributed by atoms with Crippen molar-refractivity contribution < 1.29 is 8.42 Å². The Kier molecular flexibility index (Phi) is 3.83. The highest BCUT2D eigenvalue weighted by atomic mass is 35.5. The minimum atomic E-state index is -3.34. The standard InChI is InChI=1S/C11H16ClNO2S2/c1-8-3-4-13(6-8)17(14,15)11-9(2)7-16-10(11)5-12/h7-8H,3-6H2,1-2H3. The minimum absolute atomic E-state index is 0.260. The van der Waals surface area contributed by atoms with Gasteiger partial charge in [0.15, 0.2) is 0 Å². The SMILES string of the molecule is Cc1csc(CCl)c1S(=O)(=O)N1CCC(C)C1. The third-order valence-corrected chi connectivity index (χ3v) is 6.85. The van der Waals surface area contributed by atoms with Crippen LogP contribution in [0.25, 0.3) is 0 Å². The van der Waals surface area contributed by atoms with Gasteiger partial charge in [0.2, 0.25) is 10.0 Å². The zero-order valence-electron chi connectivity index (χ0n) is 9.94. The summed E-state index contributed by atoms with van der Waals surface area (Å²) >= 11 is 7.24. The van der Waals surface area contributed by atoms with Crippen molar-refractivity contribution in [1.29, 1.82) is 0 Å². The van der Waals surface area contributed by atoms with E-state index in [1.165, 1.54) is 11.3 Å². The van der Waals surface area contributed by atoms with Gasteiger partial charge in [0.1, 0.15) is 4.90 Å². The van der Waals surface area contributed by atoms with Crippen molar-refractivity contribution in [2.24, 2.45) is 5.92 Å². The molecule has 0 N–H and O–H groups in total. The zero-order chi connectivity index (χ0) is 12.6. The first-order valence-corrected chi connectivity index (χ1v) is 8.45. The first-order chi connectivity index (χ1) is 7.96. The van der Waals surface area contributed by atoms with Crippen LogP contribution in [0, 0.1) is 12.8 Å². The van der Waals surface area contributed by atoms with Crippen LogP contribution in [-0.4, -0.2) is 25.8 Å². The topological polar surface area (TPSA) is 37.4 Å². The van der Waals surface area contributed by atoms with Gasteiger partial charge in [0.25, 0.3) is 0 Å². The van der Waals surface area contributed by atoms with Gasteiger partial charge in [-0.05, 0) is 30.2 Å². The number of nitrogens with zero attached hydrogens (tertiary/aromatic N) is 1. The van der Waals surface area contributed by atoms with E-state index in [1.54, 1.807) is 4.31 Å². The summed E-state index contributed by atoms with van der Waals surface area (Å²) in [6.07, 6.45) is 0.943. The second-order valence-corrected chi connectivity index (χ2v) is 7.67. The Hall–Kier alpha value is -0.100. The summed E-state index contributed by atoms with van der Waals surface area (Å²) in [5.74, 6) is 0.708. The van der Waals surface area contributed by atoms with Gasteiger partial charge in [-0.15, -0.1) is 22.9 Å². The van der Waals surface area contributed by atoms with Crippen LogP contribution in [0.1, 0.15) is 23.8 Å². The lowest BCUT2D eigenvalue weighted by Crippen LogP contribution is -2.29. The third-order valence-electron chi connectivity index (χ3n) is 3.10. The molecule has 17 heavy (non-hydrogen) atoms. The zero-order valence-corrected chi connectivity index (χ0v) is 12.3. The van der Waals surface area contributed by atoms with E-state index in [2.05, 4.69) is 6.92 Å². The van der Waals surface area contributed by atoms with Crippen LogP contribution in [0.15, 0.2) is 10.3 Å². The fourth-order valence-corrected chi connectivity index (χ4v) is 5.75. The number of halogens is 1. The maximum atomic E-state index is 12.5. The van der Waals surface area contributed by atoms with Gasteiger partial charge in [-0.1, -0.05) is 6.92 Å². The van der Waals surface area contributed by atoms with E-state index in [0.717, 1.165) is 16.9 Å². The highest BCUT2D eigenvalue weighted by Gasteiger charge is 2.33. The third kappa shape index (κ3) is 2.38. The Balaban J connectivity index is 2.41. The second-order valence-electron chi connectivity index (χ2n) is 4.56. The van der Waals surface area contributed by atoms with E-state index in [-0.39, 0.29) is 5.88 Å². The van der Waals surface area contributed by atoms with E-state index in [9.17, 15) is 8.42 Å². The number of thiophene rings is 1. The molecule has 96 valence electrons. The van der Waals surface area contributed by atoms with Crippen molar-refractivity contribution in [3.8, 4) is 0 Å². The summed E-state index contributed by atoms with van der Waals surface area (Å²) < 4.78 is 26.6. The highest BCUT2D eigenvalue weighted by Crippen LogP contribution is 2.32.